The minimum absolute atomic E-state index is 0. The van der Waals surface area contributed by atoms with Gasteiger partial charge in [0.1, 0.15) is 5.58 Å². The summed E-state index contributed by atoms with van der Waals surface area (Å²) < 4.78 is 53.9. The first-order chi connectivity index (χ1) is 22.1. The number of thiophene rings is 1. The number of fused-ring (bicyclic) bond motifs is 4. The average Bonchev–Trinajstić information content (AvgIpc) is 3.52. The summed E-state index contributed by atoms with van der Waals surface area (Å²) in [7, 11) is 0. The fourth-order valence-electron chi connectivity index (χ4n) is 4.79. The van der Waals surface area contributed by atoms with Gasteiger partial charge in [0.25, 0.3) is 0 Å². The molecule has 0 bridgehead atoms. The van der Waals surface area contributed by atoms with Crippen LogP contribution in [0.2, 0.25) is 0 Å². The third-order valence-corrected chi connectivity index (χ3v) is 8.68. The van der Waals surface area contributed by atoms with Gasteiger partial charge >= 0.3 is 0 Å². The molecular weight excluding hydrogens is 713 g/mol. The average molecular weight is 751 g/mol. The monoisotopic (exact) mass is 751 g/mol. The summed E-state index contributed by atoms with van der Waals surface area (Å²) in [5.74, 6) is 0. The number of pyridine rings is 2. The van der Waals surface area contributed by atoms with E-state index in [0.717, 1.165) is 39.2 Å². The van der Waals surface area contributed by atoms with Crippen molar-refractivity contribution in [3.05, 3.63) is 117 Å². The number of hydrogen-bond acceptors (Lipinski definition) is 4. The van der Waals surface area contributed by atoms with Gasteiger partial charge in [0.15, 0.2) is 0 Å². The van der Waals surface area contributed by atoms with Gasteiger partial charge in [-0.05, 0) is 87.0 Å². The van der Waals surface area contributed by atoms with E-state index in [1.807, 2.05) is 24.4 Å². The molecule has 4 aromatic heterocycles. The van der Waals surface area contributed by atoms with Crippen molar-refractivity contribution in [2.24, 2.45) is 0 Å². The zero-order valence-corrected chi connectivity index (χ0v) is 27.1. The Morgan fingerprint density at radius 1 is 0.762 bits per heavy atom. The molecule has 0 atom stereocenters. The number of aromatic nitrogens is 2. The number of benzene rings is 3. The molecule has 0 amide bonds. The standard InChI is InChI=1S/C23H18NOS.C14H14N.Ir/c1-12-8-20(24-11-13(12)2)17-7-5-6-16-19-10-22-18(14(3)15(4)26-22)9-21(19)25-23(16)17;1-10-4-6-13(7-5-10)14-8-11(2)12(3)9-15-14;/h5-6,8-11H,1-4H3;4-6,8-9H,1-3H3;/q2*-1;/i1D3,2D3;;. The first-order valence-corrected chi connectivity index (χ1v) is 14.1. The molecule has 0 fully saturated rings. The molecule has 3 nitrogen and oxygen atoms in total. The summed E-state index contributed by atoms with van der Waals surface area (Å²) in [5.41, 5.74) is 8.57. The number of furan rings is 1. The van der Waals surface area contributed by atoms with Crippen molar-refractivity contribution in [3.8, 4) is 22.5 Å². The second-order valence-electron chi connectivity index (χ2n) is 10.4. The van der Waals surface area contributed by atoms with E-state index < -0.39 is 13.7 Å². The van der Waals surface area contributed by atoms with Crippen LogP contribution in [0.25, 0.3) is 54.5 Å². The molecule has 0 aliphatic rings. The van der Waals surface area contributed by atoms with Crippen molar-refractivity contribution < 1.29 is 32.7 Å². The first-order valence-electron chi connectivity index (χ1n) is 16.3. The van der Waals surface area contributed by atoms with Crippen molar-refractivity contribution in [2.45, 2.75) is 48.3 Å². The number of rotatable bonds is 2. The van der Waals surface area contributed by atoms with E-state index in [2.05, 4.69) is 81.0 Å². The molecule has 0 saturated carbocycles. The number of hydrogen-bond donors (Lipinski definition) is 0. The molecule has 213 valence electrons. The molecule has 4 heterocycles. The van der Waals surface area contributed by atoms with Crippen LogP contribution in [0, 0.1) is 60.5 Å². The summed E-state index contributed by atoms with van der Waals surface area (Å²) in [6.45, 7) is 5.27. The fourth-order valence-corrected chi connectivity index (χ4v) is 5.88. The van der Waals surface area contributed by atoms with Gasteiger partial charge in [0.2, 0.25) is 0 Å². The van der Waals surface area contributed by atoms with Gasteiger partial charge in [0, 0.05) is 55.7 Å². The van der Waals surface area contributed by atoms with Crippen LogP contribution in [0.15, 0.2) is 71.4 Å². The molecule has 0 spiro atoms. The smallest absolute Gasteiger partial charge is 0.121 e. The van der Waals surface area contributed by atoms with E-state index in [4.69, 9.17) is 12.6 Å². The van der Waals surface area contributed by atoms with Gasteiger partial charge < -0.3 is 14.4 Å². The minimum atomic E-state index is -2.59. The van der Waals surface area contributed by atoms with Gasteiger partial charge in [0.05, 0.1) is 5.58 Å². The summed E-state index contributed by atoms with van der Waals surface area (Å²) in [4.78, 5) is 9.95. The number of aryl methyl sites for hydroxylation is 7. The SMILES string of the molecule is Cc1c[c-]c(-c2cc(C)c(C)cn2)cc1.[2H]C([2H])([2H])c1cnc(-c2[c-]ccc3c2oc2cc4c(C)c(C)sc4cc23)cc1C([2H])([2H])[2H].[Ir]. The van der Waals surface area contributed by atoms with Crippen molar-refractivity contribution >= 4 is 43.4 Å². The van der Waals surface area contributed by atoms with Crippen LogP contribution in [-0.4, -0.2) is 9.97 Å². The Labute approximate surface area is 273 Å². The fraction of sp³-hybridized carbons (Fsp3) is 0.189. The Balaban J connectivity index is 0.000000237. The van der Waals surface area contributed by atoms with Gasteiger partial charge in [-0.25, -0.2) is 0 Å². The van der Waals surface area contributed by atoms with E-state index in [-0.39, 0.29) is 31.2 Å². The van der Waals surface area contributed by atoms with Crippen LogP contribution in [0.1, 0.15) is 46.5 Å². The maximum atomic E-state index is 7.83. The largest absolute Gasteiger partial charge is 0.501 e. The summed E-state index contributed by atoms with van der Waals surface area (Å²) in [6.07, 6.45) is 3.04. The minimum Gasteiger partial charge on any atom is -0.501 e. The zero-order chi connectivity index (χ0) is 33.8. The van der Waals surface area contributed by atoms with Crippen LogP contribution >= 0.6 is 11.3 Å². The van der Waals surface area contributed by atoms with E-state index >= 15 is 0 Å². The van der Waals surface area contributed by atoms with Crippen molar-refractivity contribution in [1.29, 1.82) is 0 Å². The van der Waals surface area contributed by atoms with Crippen molar-refractivity contribution in [1.82, 2.24) is 9.97 Å². The van der Waals surface area contributed by atoms with E-state index in [9.17, 15) is 0 Å². The molecule has 1 radical (unpaired) electrons. The third-order valence-electron chi connectivity index (χ3n) is 7.51. The molecule has 0 unspecified atom stereocenters. The van der Waals surface area contributed by atoms with Crippen molar-refractivity contribution in [2.75, 3.05) is 0 Å². The summed E-state index contributed by atoms with van der Waals surface area (Å²) in [6, 6.07) is 23.7. The van der Waals surface area contributed by atoms with Crippen LogP contribution in [-0.2, 0) is 20.1 Å². The van der Waals surface area contributed by atoms with E-state index in [1.165, 1.54) is 37.9 Å². The summed E-state index contributed by atoms with van der Waals surface area (Å²) in [5, 5.41) is 2.98. The maximum absolute atomic E-state index is 7.83. The third kappa shape index (κ3) is 5.57. The normalized spacial score (nSPS) is 13.7. The Morgan fingerprint density at radius 2 is 1.52 bits per heavy atom. The van der Waals surface area contributed by atoms with Gasteiger partial charge in [-0.2, -0.15) is 0 Å². The molecule has 42 heavy (non-hydrogen) atoms. The van der Waals surface area contributed by atoms with Gasteiger partial charge in [-0.15, -0.1) is 64.9 Å². The molecule has 0 saturated heterocycles. The molecule has 0 aliphatic carbocycles. The molecule has 5 heteroatoms. The first kappa shape index (κ1) is 22.9. The van der Waals surface area contributed by atoms with E-state index in [1.54, 1.807) is 17.4 Å². The molecule has 0 aliphatic heterocycles. The zero-order valence-electron chi connectivity index (χ0n) is 29.9. The second kappa shape index (κ2) is 11.9. The molecule has 7 rings (SSSR count). The second-order valence-corrected chi connectivity index (χ2v) is 11.6. The van der Waals surface area contributed by atoms with Gasteiger partial charge in [-0.1, -0.05) is 41.1 Å². The molecule has 3 aromatic carbocycles. The Morgan fingerprint density at radius 3 is 2.26 bits per heavy atom. The Bertz CT molecular complexity index is 2290. The van der Waals surface area contributed by atoms with Crippen LogP contribution < -0.4 is 0 Å². The summed E-state index contributed by atoms with van der Waals surface area (Å²) >= 11 is 1.74. The topological polar surface area (TPSA) is 38.9 Å². The van der Waals surface area contributed by atoms with Crippen LogP contribution in [0.3, 0.4) is 0 Å². The molecular formula is C37H32IrN2OS-2. The molecule has 7 aromatic rings. The predicted octanol–water partition coefficient (Wildman–Crippen LogP) is 10.4. The van der Waals surface area contributed by atoms with Gasteiger partial charge in [-0.3, -0.25) is 0 Å². The van der Waals surface area contributed by atoms with Crippen LogP contribution in [0.4, 0.5) is 0 Å². The van der Waals surface area contributed by atoms with E-state index in [0.29, 0.717) is 16.8 Å². The number of nitrogens with zero attached hydrogens (tertiary/aromatic N) is 2. The predicted molar refractivity (Wildman–Crippen MR) is 173 cm³/mol. The molecule has 0 N–H and O–H groups in total. The Kier molecular flexibility index (Phi) is 6.51. The van der Waals surface area contributed by atoms with Crippen molar-refractivity contribution in [3.63, 3.8) is 0 Å². The maximum Gasteiger partial charge on any atom is 0.121 e. The quantitative estimate of drug-likeness (QED) is 0.165. The van der Waals surface area contributed by atoms with Crippen LogP contribution in [0.5, 0.6) is 0 Å². The Hall–Kier alpha value is -3.63.